The molecule has 7 nitrogen and oxygen atoms in total. The Morgan fingerprint density at radius 1 is 1.12 bits per heavy atom. The number of halogens is 1. The van der Waals surface area contributed by atoms with Crippen LogP contribution in [-0.2, 0) is 15.0 Å². The van der Waals surface area contributed by atoms with Crippen LogP contribution in [-0.4, -0.2) is 46.4 Å². The van der Waals surface area contributed by atoms with Crippen molar-refractivity contribution >= 4 is 21.8 Å². The van der Waals surface area contributed by atoms with Crippen molar-refractivity contribution in [2.24, 2.45) is 0 Å². The number of hydrogen-bond donors (Lipinski definition) is 1. The van der Waals surface area contributed by atoms with Crippen LogP contribution in [0.2, 0.25) is 0 Å². The van der Waals surface area contributed by atoms with Crippen molar-refractivity contribution in [3.8, 4) is 5.75 Å². The van der Waals surface area contributed by atoms with Crippen molar-refractivity contribution in [1.29, 1.82) is 0 Å². The van der Waals surface area contributed by atoms with Crippen LogP contribution >= 0.6 is 0 Å². The van der Waals surface area contributed by atoms with Gasteiger partial charge in [0.15, 0.2) is 0 Å². The number of ether oxygens (including phenoxy) is 1. The van der Waals surface area contributed by atoms with E-state index >= 15 is 0 Å². The third kappa shape index (κ3) is 5.58. The molecule has 9 heteroatoms. The minimum atomic E-state index is -4.10. The number of hydrogen-bond acceptors (Lipinski definition) is 4. The molecule has 0 radical (unpaired) electrons. The molecular weight excluding hydrogens is 433 g/mol. The summed E-state index contributed by atoms with van der Waals surface area (Å²) in [7, 11) is 0.186. The number of nitrogens with one attached hydrogen (secondary N) is 1. The minimum Gasteiger partial charge on any atom is -0.496 e. The fraction of sp³-hybridized carbons (Fsp3) is 0.435. The van der Waals surface area contributed by atoms with Gasteiger partial charge in [-0.25, -0.2) is 8.70 Å². The summed E-state index contributed by atoms with van der Waals surface area (Å²) < 4.78 is 47.2. The van der Waals surface area contributed by atoms with Crippen molar-refractivity contribution in [3.05, 3.63) is 58.9 Å². The monoisotopic (exact) mass is 465 g/mol. The lowest BCUT2D eigenvalue weighted by molar-refractivity contribution is -0.120. The van der Waals surface area contributed by atoms with Crippen LogP contribution in [0.3, 0.4) is 0 Å². The molecule has 2 aromatic rings. The largest absolute Gasteiger partial charge is 0.496 e. The number of aryl methyl sites for hydroxylation is 1. The third-order valence-electron chi connectivity index (χ3n) is 5.23. The van der Waals surface area contributed by atoms with Crippen molar-refractivity contribution in [3.63, 3.8) is 0 Å². The van der Waals surface area contributed by atoms with Gasteiger partial charge < -0.3 is 10.1 Å². The first-order valence-electron chi connectivity index (χ1n) is 10.3. The summed E-state index contributed by atoms with van der Waals surface area (Å²) in [6.45, 7) is 7.30. The normalized spacial score (nSPS) is 12.7. The van der Waals surface area contributed by atoms with E-state index in [1.54, 1.807) is 7.11 Å². The Balaban J connectivity index is 2.33. The van der Waals surface area contributed by atoms with Crippen LogP contribution in [0, 0.1) is 12.7 Å². The van der Waals surface area contributed by atoms with Gasteiger partial charge >= 0.3 is 10.2 Å². The molecule has 0 fully saturated rings. The maximum atomic E-state index is 14.4. The first kappa shape index (κ1) is 25.6. The van der Waals surface area contributed by atoms with Crippen molar-refractivity contribution in [2.45, 2.75) is 39.7 Å². The number of carbonyl (C=O) groups is 1. The fourth-order valence-electron chi connectivity index (χ4n) is 3.45. The highest BCUT2D eigenvalue weighted by Crippen LogP contribution is 2.32. The summed E-state index contributed by atoms with van der Waals surface area (Å²) in [6.07, 6.45) is 0. The molecule has 1 amide bonds. The molecule has 32 heavy (non-hydrogen) atoms. The molecule has 0 aliphatic heterocycles. The van der Waals surface area contributed by atoms with E-state index in [1.165, 1.54) is 32.3 Å². The molecule has 0 saturated heterocycles. The van der Waals surface area contributed by atoms with Crippen molar-refractivity contribution in [1.82, 2.24) is 9.62 Å². The third-order valence-corrected chi connectivity index (χ3v) is 7.04. The number of amides is 1. The van der Waals surface area contributed by atoms with Crippen LogP contribution in [0.25, 0.3) is 0 Å². The summed E-state index contributed by atoms with van der Waals surface area (Å²) >= 11 is 0. The molecule has 0 bridgehead atoms. The molecular formula is C23H32FN3O4S. The highest BCUT2D eigenvalue weighted by Gasteiger charge is 2.29. The molecule has 2 aromatic carbocycles. The molecule has 0 aromatic heterocycles. The highest BCUT2D eigenvalue weighted by atomic mass is 32.2. The van der Waals surface area contributed by atoms with E-state index in [0.717, 1.165) is 37.1 Å². The number of rotatable bonds is 9. The van der Waals surface area contributed by atoms with Gasteiger partial charge in [-0.05, 0) is 60.7 Å². The minimum absolute atomic E-state index is 0.188. The molecule has 0 saturated carbocycles. The molecule has 1 N–H and O–H groups in total. The molecule has 0 aliphatic rings. The second kappa shape index (κ2) is 10.3. The number of para-hydroxylation sites is 1. The van der Waals surface area contributed by atoms with Gasteiger partial charge in [-0.15, -0.1) is 0 Å². The van der Waals surface area contributed by atoms with Crippen LogP contribution in [0.1, 0.15) is 49.4 Å². The van der Waals surface area contributed by atoms with Gasteiger partial charge in [-0.3, -0.25) is 4.79 Å². The number of anilines is 1. The van der Waals surface area contributed by atoms with E-state index in [1.807, 2.05) is 26.0 Å². The lowest BCUT2D eigenvalue weighted by Crippen LogP contribution is -2.46. The van der Waals surface area contributed by atoms with E-state index in [2.05, 4.69) is 19.2 Å². The first-order chi connectivity index (χ1) is 14.9. The van der Waals surface area contributed by atoms with Gasteiger partial charge in [0, 0.05) is 14.1 Å². The highest BCUT2D eigenvalue weighted by molar-refractivity contribution is 7.90. The SMILES string of the molecule is COc1cc(C)c(C(C)NC(=O)CN(c2ccccc2F)S(=O)(=O)N(C)C)cc1C(C)C. The van der Waals surface area contributed by atoms with E-state index in [9.17, 15) is 17.6 Å². The van der Waals surface area contributed by atoms with Gasteiger partial charge in [-0.2, -0.15) is 12.7 Å². The Kier molecular flexibility index (Phi) is 8.25. The molecule has 176 valence electrons. The molecule has 2 rings (SSSR count). The Hall–Kier alpha value is -2.65. The fourth-order valence-corrected chi connectivity index (χ4v) is 4.52. The van der Waals surface area contributed by atoms with Crippen LogP contribution in [0.15, 0.2) is 36.4 Å². The van der Waals surface area contributed by atoms with Crippen LogP contribution < -0.4 is 14.4 Å². The van der Waals surface area contributed by atoms with Gasteiger partial charge in [0.25, 0.3) is 0 Å². The Morgan fingerprint density at radius 2 is 1.75 bits per heavy atom. The summed E-state index contributed by atoms with van der Waals surface area (Å²) in [6, 6.07) is 8.99. The van der Waals surface area contributed by atoms with Gasteiger partial charge in [-0.1, -0.05) is 26.0 Å². The lowest BCUT2D eigenvalue weighted by Gasteiger charge is -2.28. The molecule has 0 spiro atoms. The zero-order valence-corrected chi connectivity index (χ0v) is 20.5. The lowest BCUT2D eigenvalue weighted by atomic mass is 9.93. The van der Waals surface area contributed by atoms with Gasteiger partial charge in [0.05, 0.1) is 18.8 Å². The first-order valence-corrected chi connectivity index (χ1v) is 11.7. The van der Waals surface area contributed by atoms with E-state index in [-0.39, 0.29) is 11.6 Å². The van der Waals surface area contributed by atoms with E-state index in [0.29, 0.717) is 0 Å². The van der Waals surface area contributed by atoms with Crippen molar-refractivity contribution < 1.29 is 22.3 Å². The molecule has 1 atom stereocenters. The predicted octanol–water partition coefficient (Wildman–Crippen LogP) is 3.76. The second-order valence-corrected chi connectivity index (χ2v) is 10.2. The zero-order chi connectivity index (χ0) is 24.2. The molecule has 0 aliphatic carbocycles. The summed E-state index contributed by atoms with van der Waals surface area (Å²) in [5.74, 6) is -0.282. The zero-order valence-electron chi connectivity index (χ0n) is 19.6. The summed E-state index contributed by atoms with van der Waals surface area (Å²) in [5, 5.41) is 2.84. The standard InChI is InChI=1S/C23H32FN3O4S/c1-15(2)18-13-19(16(3)12-22(18)31-7)17(4)25-23(28)14-27(32(29,30)26(5)6)21-11-9-8-10-20(21)24/h8-13,15,17H,14H2,1-7H3,(H,25,28). The van der Waals surface area contributed by atoms with E-state index < -0.39 is 34.5 Å². The summed E-state index contributed by atoms with van der Waals surface area (Å²) in [5.41, 5.74) is 2.66. The summed E-state index contributed by atoms with van der Waals surface area (Å²) in [4.78, 5) is 12.9. The van der Waals surface area contributed by atoms with E-state index in [4.69, 9.17) is 4.74 Å². The predicted molar refractivity (Wildman–Crippen MR) is 125 cm³/mol. The molecule has 0 heterocycles. The molecule has 1 unspecified atom stereocenters. The Bertz CT molecular complexity index is 1070. The Morgan fingerprint density at radius 3 is 2.28 bits per heavy atom. The topological polar surface area (TPSA) is 79.0 Å². The van der Waals surface area contributed by atoms with Crippen LogP contribution in [0.4, 0.5) is 10.1 Å². The van der Waals surface area contributed by atoms with Gasteiger partial charge in [0.1, 0.15) is 18.1 Å². The smallest absolute Gasteiger partial charge is 0.304 e. The maximum absolute atomic E-state index is 14.4. The Labute approximate surface area is 190 Å². The quantitative estimate of drug-likeness (QED) is 0.612. The number of benzene rings is 2. The van der Waals surface area contributed by atoms with Gasteiger partial charge in [0.2, 0.25) is 5.91 Å². The average Bonchev–Trinajstić information content (AvgIpc) is 2.71. The average molecular weight is 466 g/mol. The van der Waals surface area contributed by atoms with Crippen LogP contribution in [0.5, 0.6) is 5.75 Å². The second-order valence-electron chi connectivity index (χ2n) is 8.14. The maximum Gasteiger partial charge on any atom is 0.304 e. The number of carbonyl (C=O) groups excluding carboxylic acids is 1. The van der Waals surface area contributed by atoms with Crippen molar-refractivity contribution in [2.75, 3.05) is 32.1 Å². The number of methoxy groups -OCH3 is 1. The number of nitrogens with zero attached hydrogens (tertiary/aromatic N) is 2.